The van der Waals surface area contributed by atoms with Crippen LogP contribution in [0.3, 0.4) is 0 Å². The summed E-state index contributed by atoms with van der Waals surface area (Å²) >= 11 is 0. The van der Waals surface area contributed by atoms with Crippen molar-refractivity contribution >= 4 is 23.3 Å². The number of aryl methyl sites for hydroxylation is 1. The van der Waals surface area contributed by atoms with Gasteiger partial charge < -0.3 is 13.7 Å². The average Bonchev–Trinajstić information content (AvgIpc) is 3.33. The molecule has 4 aromatic rings. The highest BCUT2D eigenvalue weighted by Gasteiger charge is 2.03. The minimum absolute atomic E-state index is 0.584. The van der Waals surface area contributed by atoms with Crippen molar-refractivity contribution in [1.82, 2.24) is 14.5 Å². The van der Waals surface area contributed by atoms with Crippen molar-refractivity contribution in [2.75, 3.05) is 6.61 Å². The number of imidazole rings is 1. The summed E-state index contributed by atoms with van der Waals surface area (Å²) in [7, 11) is 0. The summed E-state index contributed by atoms with van der Waals surface area (Å²) in [5, 5.41) is 0. The van der Waals surface area contributed by atoms with Crippen molar-refractivity contribution in [3.05, 3.63) is 78.7 Å². The Balaban J connectivity index is 1.41. The second-order valence-electron chi connectivity index (χ2n) is 5.89. The Morgan fingerprint density at radius 3 is 2.81 bits per heavy atom. The third kappa shape index (κ3) is 3.83. The van der Waals surface area contributed by atoms with Crippen LogP contribution in [-0.4, -0.2) is 21.1 Å². The lowest BCUT2D eigenvalue weighted by Gasteiger charge is -2.09. The molecule has 0 saturated heterocycles. The number of fused-ring (bicyclic) bond motifs is 1. The quantitative estimate of drug-likeness (QED) is 0.457. The van der Waals surface area contributed by atoms with Crippen molar-refractivity contribution in [2.45, 2.75) is 13.0 Å². The number of aromatic nitrogens is 3. The fourth-order valence-corrected chi connectivity index (χ4v) is 2.72. The molecule has 2 aromatic heterocycles. The lowest BCUT2D eigenvalue weighted by molar-refractivity contribution is 0.301. The van der Waals surface area contributed by atoms with E-state index in [4.69, 9.17) is 9.15 Å². The highest BCUT2D eigenvalue weighted by Crippen LogP contribution is 2.22. The van der Waals surface area contributed by atoms with Gasteiger partial charge in [-0.3, -0.25) is 0 Å². The van der Waals surface area contributed by atoms with E-state index < -0.39 is 0 Å². The maximum absolute atomic E-state index is 5.95. The topological polar surface area (TPSA) is 53.1 Å². The van der Waals surface area contributed by atoms with Crippen LogP contribution in [0.4, 0.5) is 0 Å². The molecule has 0 aliphatic carbocycles. The second-order valence-corrected chi connectivity index (χ2v) is 5.89. The normalized spacial score (nSPS) is 11.4. The molecule has 0 fully saturated rings. The number of ether oxygens (including phenoxy) is 1. The first-order valence-electron chi connectivity index (χ1n) is 8.60. The molecule has 0 atom stereocenters. The highest BCUT2D eigenvalue weighted by atomic mass is 16.5. The van der Waals surface area contributed by atoms with E-state index in [1.807, 2.05) is 77.8 Å². The Bertz CT molecular complexity index is 970. The Labute approximate surface area is 151 Å². The van der Waals surface area contributed by atoms with E-state index in [-0.39, 0.29) is 0 Å². The van der Waals surface area contributed by atoms with Gasteiger partial charge in [-0.2, -0.15) is 0 Å². The van der Waals surface area contributed by atoms with Crippen LogP contribution in [0.1, 0.15) is 17.9 Å². The first-order chi connectivity index (χ1) is 12.9. The zero-order valence-corrected chi connectivity index (χ0v) is 14.3. The van der Waals surface area contributed by atoms with Gasteiger partial charge >= 0.3 is 0 Å². The average molecular weight is 345 g/mol. The minimum atomic E-state index is 0.584. The van der Waals surface area contributed by atoms with Gasteiger partial charge in [0.2, 0.25) is 5.89 Å². The first kappa shape index (κ1) is 16.1. The zero-order chi connectivity index (χ0) is 17.6. The van der Waals surface area contributed by atoms with E-state index in [0.29, 0.717) is 12.5 Å². The van der Waals surface area contributed by atoms with Crippen LogP contribution in [0.25, 0.3) is 23.3 Å². The number of nitrogens with zero attached hydrogens (tertiary/aromatic N) is 3. The standard InChI is InChI=1S/C21H19N3O2/c1-3-8-19(25-15-5-13-24-14-12-22-16-24)17(6-1)10-11-21-23-18-7-2-4-9-20(18)26-21/h1-4,6-12,14,16H,5,13,15H2/b11-10+. The summed E-state index contributed by atoms with van der Waals surface area (Å²) in [6, 6.07) is 15.7. The van der Waals surface area contributed by atoms with Gasteiger partial charge in [0.15, 0.2) is 5.58 Å². The van der Waals surface area contributed by atoms with Crippen molar-refractivity contribution in [3.63, 3.8) is 0 Å². The molecule has 4 rings (SSSR count). The Morgan fingerprint density at radius 1 is 1.04 bits per heavy atom. The molecular formula is C21H19N3O2. The van der Waals surface area contributed by atoms with Crippen molar-refractivity contribution in [1.29, 1.82) is 0 Å². The molecule has 0 spiro atoms. The molecular weight excluding hydrogens is 326 g/mol. The summed E-state index contributed by atoms with van der Waals surface area (Å²) in [4.78, 5) is 8.50. The van der Waals surface area contributed by atoms with Crippen LogP contribution in [0.5, 0.6) is 5.75 Å². The molecule has 0 aliphatic heterocycles. The molecule has 5 heteroatoms. The van der Waals surface area contributed by atoms with E-state index in [1.165, 1.54) is 0 Å². The van der Waals surface area contributed by atoms with Crippen molar-refractivity contribution in [2.24, 2.45) is 0 Å². The Morgan fingerprint density at radius 2 is 1.92 bits per heavy atom. The van der Waals surface area contributed by atoms with E-state index in [1.54, 1.807) is 6.20 Å². The maximum atomic E-state index is 5.95. The summed E-state index contributed by atoms with van der Waals surface area (Å²) in [6.45, 7) is 1.53. The zero-order valence-electron chi connectivity index (χ0n) is 14.3. The van der Waals surface area contributed by atoms with Crippen LogP contribution < -0.4 is 4.74 Å². The lowest BCUT2D eigenvalue weighted by Crippen LogP contribution is -2.03. The predicted octanol–water partition coefficient (Wildman–Crippen LogP) is 4.66. The lowest BCUT2D eigenvalue weighted by atomic mass is 10.2. The van der Waals surface area contributed by atoms with E-state index in [9.17, 15) is 0 Å². The van der Waals surface area contributed by atoms with E-state index >= 15 is 0 Å². The summed E-state index contributed by atoms with van der Waals surface area (Å²) in [6.07, 6.45) is 10.3. The first-order valence-corrected chi connectivity index (χ1v) is 8.60. The van der Waals surface area contributed by atoms with Gasteiger partial charge in [-0.1, -0.05) is 30.3 Å². The number of oxazole rings is 1. The van der Waals surface area contributed by atoms with Gasteiger partial charge in [-0.25, -0.2) is 9.97 Å². The fraction of sp³-hybridized carbons (Fsp3) is 0.143. The molecule has 0 unspecified atom stereocenters. The summed E-state index contributed by atoms with van der Waals surface area (Å²) in [5.74, 6) is 1.44. The van der Waals surface area contributed by atoms with Crippen LogP contribution in [0.2, 0.25) is 0 Å². The predicted molar refractivity (Wildman–Crippen MR) is 102 cm³/mol. The third-order valence-corrected chi connectivity index (χ3v) is 4.01. The van der Waals surface area contributed by atoms with Gasteiger partial charge in [-0.05, 0) is 30.7 Å². The number of para-hydroxylation sites is 3. The molecule has 2 heterocycles. The Kier molecular flexibility index (Phi) is 4.78. The van der Waals surface area contributed by atoms with Crippen molar-refractivity contribution < 1.29 is 9.15 Å². The molecule has 5 nitrogen and oxygen atoms in total. The number of hydrogen-bond donors (Lipinski definition) is 0. The molecule has 0 radical (unpaired) electrons. The molecule has 2 aromatic carbocycles. The van der Waals surface area contributed by atoms with Crippen LogP contribution in [0, 0.1) is 0 Å². The SMILES string of the molecule is C(=C\c1ccccc1OCCCn1ccnc1)/c1nc2ccccc2o1. The van der Waals surface area contributed by atoms with Crippen LogP contribution in [0.15, 0.2) is 71.7 Å². The number of rotatable bonds is 7. The van der Waals surface area contributed by atoms with Gasteiger partial charge in [-0.15, -0.1) is 0 Å². The third-order valence-electron chi connectivity index (χ3n) is 4.01. The molecule has 130 valence electrons. The molecule has 0 saturated carbocycles. The van der Waals surface area contributed by atoms with Gasteiger partial charge in [0.1, 0.15) is 11.3 Å². The number of hydrogen-bond acceptors (Lipinski definition) is 4. The summed E-state index contributed by atoms with van der Waals surface area (Å²) in [5.41, 5.74) is 2.64. The monoisotopic (exact) mass is 345 g/mol. The minimum Gasteiger partial charge on any atom is -0.493 e. The highest BCUT2D eigenvalue weighted by molar-refractivity contribution is 5.76. The molecule has 0 aliphatic rings. The fourth-order valence-electron chi connectivity index (χ4n) is 2.72. The molecule has 0 amide bonds. The largest absolute Gasteiger partial charge is 0.493 e. The Hall–Kier alpha value is -3.34. The molecule has 0 bridgehead atoms. The smallest absolute Gasteiger partial charge is 0.220 e. The van der Waals surface area contributed by atoms with Crippen LogP contribution in [-0.2, 0) is 6.54 Å². The summed E-state index contributed by atoms with van der Waals surface area (Å²) < 4.78 is 13.7. The molecule has 26 heavy (non-hydrogen) atoms. The maximum Gasteiger partial charge on any atom is 0.220 e. The molecule has 0 N–H and O–H groups in total. The van der Waals surface area contributed by atoms with Gasteiger partial charge in [0, 0.05) is 30.6 Å². The van der Waals surface area contributed by atoms with E-state index in [0.717, 1.165) is 35.4 Å². The van der Waals surface area contributed by atoms with E-state index in [2.05, 4.69) is 9.97 Å². The van der Waals surface area contributed by atoms with Crippen LogP contribution >= 0.6 is 0 Å². The second kappa shape index (κ2) is 7.70. The van der Waals surface area contributed by atoms with Gasteiger partial charge in [0.25, 0.3) is 0 Å². The number of benzene rings is 2. The van der Waals surface area contributed by atoms with Crippen molar-refractivity contribution in [3.8, 4) is 5.75 Å². The van der Waals surface area contributed by atoms with Gasteiger partial charge in [0.05, 0.1) is 12.9 Å².